The largest absolute Gasteiger partial charge is 0.497 e. The van der Waals surface area contributed by atoms with E-state index in [-0.39, 0.29) is 6.54 Å². The Morgan fingerprint density at radius 3 is 2.47 bits per heavy atom. The molecule has 0 heterocycles. The molecule has 1 rings (SSSR count). The van der Waals surface area contributed by atoms with Gasteiger partial charge in [-0.1, -0.05) is 0 Å². The van der Waals surface area contributed by atoms with E-state index in [9.17, 15) is 9.59 Å². The Bertz CT molecular complexity index is 472. The zero-order valence-electron chi connectivity index (χ0n) is 11.2. The molecule has 104 valence electrons. The number of rotatable bonds is 5. The number of carbonyl (C=O) groups excluding carboxylic acids is 1. The molecule has 0 fully saturated rings. The average molecular weight is 267 g/mol. The molecule has 0 aliphatic rings. The quantitative estimate of drug-likeness (QED) is 0.798. The van der Waals surface area contributed by atoms with Crippen LogP contribution in [-0.2, 0) is 16.0 Å². The van der Waals surface area contributed by atoms with Crippen molar-refractivity contribution >= 4 is 11.9 Å². The molecule has 1 aromatic carbocycles. The first kappa shape index (κ1) is 14.8. The number of likely N-dealkylation sites (N-methyl/N-ethyl adjacent to an activating group) is 1. The van der Waals surface area contributed by atoms with Gasteiger partial charge in [0.2, 0.25) is 0 Å². The standard InChI is InChI=1S/C13H17NO5/c1-14(12(15)13(16)17)7-6-9-8-10(18-2)4-5-11(9)19-3/h4-5,8H,6-7H2,1-3H3,(H,16,17). The molecule has 0 radical (unpaired) electrons. The lowest BCUT2D eigenvalue weighted by molar-refractivity contribution is -0.155. The second-order valence-corrected chi connectivity index (χ2v) is 3.96. The second-order valence-electron chi connectivity index (χ2n) is 3.96. The van der Waals surface area contributed by atoms with Gasteiger partial charge in [0, 0.05) is 13.6 Å². The third-order valence-corrected chi connectivity index (χ3v) is 2.73. The molecule has 19 heavy (non-hydrogen) atoms. The number of hydrogen-bond donors (Lipinski definition) is 1. The van der Waals surface area contributed by atoms with Gasteiger partial charge >= 0.3 is 11.9 Å². The summed E-state index contributed by atoms with van der Waals surface area (Å²) in [6, 6.07) is 5.35. The predicted molar refractivity (Wildman–Crippen MR) is 68.5 cm³/mol. The Balaban J connectivity index is 2.76. The molecule has 1 N–H and O–H groups in total. The van der Waals surface area contributed by atoms with Crippen LogP contribution in [0.25, 0.3) is 0 Å². The van der Waals surface area contributed by atoms with E-state index in [0.717, 1.165) is 10.5 Å². The van der Waals surface area contributed by atoms with E-state index >= 15 is 0 Å². The highest BCUT2D eigenvalue weighted by molar-refractivity contribution is 6.31. The smallest absolute Gasteiger partial charge is 0.394 e. The molecule has 0 aliphatic carbocycles. The number of amides is 1. The Hall–Kier alpha value is -2.24. The van der Waals surface area contributed by atoms with Crippen LogP contribution >= 0.6 is 0 Å². The van der Waals surface area contributed by atoms with Crippen molar-refractivity contribution in [3.05, 3.63) is 23.8 Å². The van der Waals surface area contributed by atoms with Gasteiger partial charge in [0.25, 0.3) is 0 Å². The predicted octanol–water partition coefficient (Wildman–Crippen LogP) is 0.789. The van der Waals surface area contributed by atoms with Crippen LogP contribution in [0.2, 0.25) is 0 Å². The molecule has 0 unspecified atom stereocenters. The van der Waals surface area contributed by atoms with Crippen molar-refractivity contribution in [1.29, 1.82) is 0 Å². The lowest BCUT2D eigenvalue weighted by Crippen LogP contribution is -2.34. The molecule has 0 atom stereocenters. The number of nitrogens with zero attached hydrogens (tertiary/aromatic N) is 1. The highest BCUT2D eigenvalue weighted by Crippen LogP contribution is 2.24. The number of carboxylic acid groups (broad SMARTS) is 1. The van der Waals surface area contributed by atoms with Crippen LogP contribution in [0.5, 0.6) is 11.5 Å². The monoisotopic (exact) mass is 267 g/mol. The van der Waals surface area contributed by atoms with Crippen LogP contribution in [0.1, 0.15) is 5.56 Å². The molecule has 0 spiro atoms. The highest BCUT2D eigenvalue weighted by atomic mass is 16.5. The molecule has 0 aliphatic heterocycles. The van der Waals surface area contributed by atoms with Gasteiger partial charge in [0.05, 0.1) is 14.2 Å². The summed E-state index contributed by atoms with van der Waals surface area (Å²) in [4.78, 5) is 22.9. The zero-order chi connectivity index (χ0) is 14.4. The first-order chi connectivity index (χ1) is 8.99. The van der Waals surface area contributed by atoms with Crippen molar-refractivity contribution in [2.45, 2.75) is 6.42 Å². The lowest BCUT2D eigenvalue weighted by Gasteiger charge is -2.16. The van der Waals surface area contributed by atoms with Gasteiger partial charge in [-0.15, -0.1) is 0 Å². The number of carbonyl (C=O) groups is 2. The number of aliphatic carboxylic acids is 1. The molecule has 0 aromatic heterocycles. The van der Waals surface area contributed by atoms with Crippen molar-refractivity contribution in [3.8, 4) is 11.5 Å². The van der Waals surface area contributed by atoms with E-state index in [2.05, 4.69) is 0 Å². The minimum atomic E-state index is -1.46. The lowest BCUT2D eigenvalue weighted by atomic mass is 10.1. The van der Waals surface area contributed by atoms with Crippen LogP contribution in [0.15, 0.2) is 18.2 Å². The summed E-state index contributed by atoms with van der Waals surface area (Å²) in [7, 11) is 4.56. The van der Waals surface area contributed by atoms with Crippen molar-refractivity contribution < 1.29 is 24.2 Å². The summed E-state index contributed by atoms with van der Waals surface area (Å²) in [5.41, 5.74) is 0.854. The highest BCUT2D eigenvalue weighted by Gasteiger charge is 2.17. The summed E-state index contributed by atoms with van der Waals surface area (Å²) in [6.45, 7) is 0.286. The van der Waals surface area contributed by atoms with Gasteiger partial charge in [-0.3, -0.25) is 4.79 Å². The molecule has 6 nitrogen and oxygen atoms in total. The van der Waals surface area contributed by atoms with Crippen molar-refractivity contribution in [2.24, 2.45) is 0 Å². The van der Waals surface area contributed by atoms with E-state index in [1.54, 1.807) is 32.4 Å². The Labute approximate surface area is 111 Å². The number of methoxy groups -OCH3 is 2. The SMILES string of the molecule is COc1ccc(OC)c(CCN(C)C(=O)C(=O)O)c1. The number of benzene rings is 1. The maximum Gasteiger partial charge on any atom is 0.394 e. The van der Waals surface area contributed by atoms with Gasteiger partial charge in [-0.25, -0.2) is 4.79 Å². The number of hydrogen-bond acceptors (Lipinski definition) is 4. The molecular weight excluding hydrogens is 250 g/mol. The molecule has 1 amide bonds. The van der Waals surface area contributed by atoms with Crippen LogP contribution in [-0.4, -0.2) is 49.7 Å². The normalized spacial score (nSPS) is 9.84. The zero-order valence-corrected chi connectivity index (χ0v) is 11.2. The Kier molecular flexibility index (Phi) is 5.17. The van der Waals surface area contributed by atoms with Crippen LogP contribution in [0.4, 0.5) is 0 Å². The summed E-state index contributed by atoms with van der Waals surface area (Å²) in [5, 5.41) is 8.60. The Morgan fingerprint density at radius 1 is 1.26 bits per heavy atom. The molecule has 1 aromatic rings. The molecule has 0 saturated carbocycles. The first-order valence-corrected chi connectivity index (χ1v) is 5.69. The molecular formula is C13H17NO5. The van der Waals surface area contributed by atoms with Gasteiger partial charge < -0.3 is 19.5 Å². The van der Waals surface area contributed by atoms with E-state index in [1.165, 1.54) is 7.05 Å². The number of carboxylic acids is 1. The average Bonchev–Trinajstić information content (AvgIpc) is 2.43. The van der Waals surface area contributed by atoms with Crippen molar-refractivity contribution in [1.82, 2.24) is 4.90 Å². The summed E-state index contributed by atoms with van der Waals surface area (Å²) >= 11 is 0. The maximum absolute atomic E-state index is 11.2. The third-order valence-electron chi connectivity index (χ3n) is 2.73. The maximum atomic E-state index is 11.2. The number of ether oxygens (including phenoxy) is 2. The van der Waals surface area contributed by atoms with E-state index in [1.807, 2.05) is 0 Å². The van der Waals surface area contributed by atoms with Gasteiger partial charge in [-0.05, 0) is 30.2 Å². The summed E-state index contributed by atoms with van der Waals surface area (Å²) < 4.78 is 10.3. The Morgan fingerprint density at radius 2 is 1.95 bits per heavy atom. The minimum Gasteiger partial charge on any atom is -0.497 e. The van der Waals surface area contributed by atoms with Crippen molar-refractivity contribution in [3.63, 3.8) is 0 Å². The third kappa shape index (κ3) is 3.87. The summed E-state index contributed by atoms with van der Waals surface area (Å²) in [6.07, 6.45) is 0.482. The van der Waals surface area contributed by atoms with Crippen LogP contribution in [0, 0.1) is 0 Å². The molecule has 0 saturated heterocycles. The van der Waals surface area contributed by atoms with Crippen molar-refractivity contribution in [2.75, 3.05) is 27.8 Å². The van der Waals surface area contributed by atoms with Gasteiger partial charge in [-0.2, -0.15) is 0 Å². The second kappa shape index (κ2) is 6.63. The molecule has 6 heteroatoms. The van der Waals surface area contributed by atoms with E-state index in [4.69, 9.17) is 14.6 Å². The topological polar surface area (TPSA) is 76.1 Å². The van der Waals surface area contributed by atoms with Gasteiger partial charge in [0.1, 0.15) is 11.5 Å². The fourth-order valence-electron chi connectivity index (χ4n) is 1.63. The van der Waals surface area contributed by atoms with Crippen LogP contribution in [0.3, 0.4) is 0 Å². The van der Waals surface area contributed by atoms with Crippen LogP contribution < -0.4 is 9.47 Å². The van der Waals surface area contributed by atoms with E-state index in [0.29, 0.717) is 17.9 Å². The fourth-order valence-corrected chi connectivity index (χ4v) is 1.63. The van der Waals surface area contributed by atoms with Gasteiger partial charge in [0.15, 0.2) is 0 Å². The fraction of sp³-hybridized carbons (Fsp3) is 0.385. The van der Waals surface area contributed by atoms with E-state index < -0.39 is 11.9 Å². The summed E-state index contributed by atoms with van der Waals surface area (Å²) in [5.74, 6) is -1.03. The first-order valence-electron chi connectivity index (χ1n) is 5.69. The molecule has 0 bridgehead atoms. The minimum absolute atomic E-state index is 0.286.